The van der Waals surface area contributed by atoms with Crippen molar-refractivity contribution >= 4 is 11.8 Å². The Bertz CT molecular complexity index is 455. The van der Waals surface area contributed by atoms with E-state index in [4.69, 9.17) is 9.47 Å². The van der Waals surface area contributed by atoms with Crippen LogP contribution in [0.15, 0.2) is 0 Å². The van der Waals surface area contributed by atoms with Crippen LogP contribution in [0.1, 0.15) is 47.0 Å². The lowest BCUT2D eigenvalue weighted by Crippen LogP contribution is -2.58. The fourth-order valence-electron chi connectivity index (χ4n) is 4.15. The van der Waals surface area contributed by atoms with Gasteiger partial charge in [-0.1, -0.05) is 6.92 Å². The summed E-state index contributed by atoms with van der Waals surface area (Å²) in [4.78, 5) is 24.2. The minimum absolute atomic E-state index is 0.132. The zero-order valence-electron chi connectivity index (χ0n) is 12.8. The molecule has 112 valence electrons. The van der Waals surface area contributed by atoms with Crippen molar-refractivity contribution in [2.75, 3.05) is 6.61 Å². The van der Waals surface area contributed by atoms with Gasteiger partial charge in [0.05, 0.1) is 5.41 Å². The van der Waals surface area contributed by atoms with E-state index in [1.165, 1.54) is 0 Å². The predicted molar refractivity (Wildman–Crippen MR) is 73.0 cm³/mol. The maximum atomic E-state index is 12.4. The molecule has 20 heavy (non-hydrogen) atoms. The fraction of sp³-hybridized carbons (Fsp3) is 0.875. The molecule has 2 aliphatic carbocycles. The van der Waals surface area contributed by atoms with E-state index in [0.717, 1.165) is 19.3 Å². The van der Waals surface area contributed by atoms with Crippen LogP contribution in [0, 0.1) is 23.2 Å². The number of ketones is 1. The first-order valence-corrected chi connectivity index (χ1v) is 7.67. The Morgan fingerprint density at radius 3 is 2.80 bits per heavy atom. The molecule has 1 heterocycles. The van der Waals surface area contributed by atoms with Gasteiger partial charge in [0.1, 0.15) is 18.3 Å². The molecule has 1 saturated heterocycles. The lowest BCUT2D eigenvalue weighted by molar-refractivity contribution is -0.207. The second kappa shape index (κ2) is 4.30. The Kier molecular flexibility index (Phi) is 3.02. The Hall–Kier alpha value is -0.900. The lowest BCUT2D eigenvalue weighted by atomic mass is 9.72. The second-order valence-corrected chi connectivity index (χ2v) is 7.45. The van der Waals surface area contributed by atoms with Crippen molar-refractivity contribution in [2.24, 2.45) is 23.2 Å². The Balaban J connectivity index is 1.80. The van der Waals surface area contributed by atoms with E-state index in [9.17, 15) is 9.59 Å². The molecule has 3 fully saturated rings. The normalized spacial score (nSPS) is 42.9. The number of rotatable bonds is 3. The van der Waals surface area contributed by atoms with Crippen molar-refractivity contribution in [3.05, 3.63) is 0 Å². The van der Waals surface area contributed by atoms with Gasteiger partial charge in [0, 0.05) is 11.8 Å². The first-order chi connectivity index (χ1) is 9.29. The number of fused-ring (bicyclic) bond motifs is 1. The summed E-state index contributed by atoms with van der Waals surface area (Å²) >= 11 is 0. The quantitative estimate of drug-likeness (QED) is 0.745. The topological polar surface area (TPSA) is 52.6 Å². The van der Waals surface area contributed by atoms with Crippen LogP contribution in [0.3, 0.4) is 0 Å². The van der Waals surface area contributed by atoms with Gasteiger partial charge in [-0.2, -0.15) is 0 Å². The lowest BCUT2D eigenvalue weighted by Gasteiger charge is -2.47. The SMILES string of the molecule is CCC(C)(C)C(=O)OC1C2CC3C(=O)COC1(C)C3C2. The standard InChI is InChI=1S/C16H24O4/c1-5-15(2,3)14(18)20-13-9-6-10-11(7-9)16(13,4)19-8-12(10)17/h9-11,13H,5-8H2,1-4H3. The molecule has 5 unspecified atom stereocenters. The molecule has 0 aromatic heterocycles. The van der Waals surface area contributed by atoms with Gasteiger partial charge in [-0.3, -0.25) is 9.59 Å². The number of ether oxygens (including phenoxy) is 2. The average Bonchev–Trinajstić information content (AvgIpc) is 2.95. The molecule has 0 radical (unpaired) electrons. The van der Waals surface area contributed by atoms with E-state index < -0.39 is 11.0 Å². The minimum atomic E-state index is -0.457. The average molecular weight is 280 g/mol. The highest BCUT2D eigenvalue weighted by molar-refractivity contribution is 5.84. The summed E-state index contributed by atoms with van der Waals surface area (Å²) < 4.78 is 11.7. The molecule has 4 heteroatoms. The molecule has 0 spiro atoms. The summed E-state index contributed by atoms with van der Waals surface area (Å²) in [6.07, 6.45) is 2.39. The van der Waals surface area contributed by atoms with Crippen LogP contribution >= 0.6 is 0 Å². The van der Waals surface area contributed by atoms with Gasteiger partial charge in [-0.15, -0.1) is 0 Å². The molecule has 3 aliphatic rings. The maximum absolute atomic E-state index is 12.4. The largest absolute Gasteiger partial charge is 0.459 e. The van der Waals surface area contributed by atoms with Crippen LogP contribution < -0.4 is 0 Å². The van der Waals surface area contributed by atoms with E-state index in [1.54, 1.807) is 0 Å². The first kappa shape index (κ1) is 14.1. The summed E-state index contributed by atoms with van der Waals surface area (Å²) in [5.41, 5.74) is -0.914. The van der Waals surface area contributed by atoms with Crippen molar-refractivity contribution in [2.45, 2.75) is 58.7 Å². The van der Waals surface area contributed by atoms with Crippen LogP contribution in [0.2, 0.25) is 0 Å². The summed E-state index contributed by atoms with van der Waals surface area (Å²) in [5.74, 6) is 0.740. The van der Waals surface area contributed by atoms with Crippen molar-refractivity contribution in [1.82, 2.24) is 0 Å². The van der Waals surface area contributed by atoms with Crippen molar-refractivity contribution < 1.29 is 19.1 Å². The molecule has 0 aromatic rings. The number of carbonyl (C=O) groups excluding carboxylic acids is 2. The third-order valence-corrected chi connectivity index (χ3v) is 5.94. The molecule has 0 N–H and O–H groups in total. The van der Waals surface area contributed by atoms with Crippen LogP contribution in [0.25, 0.3) is 0 Å². The molecule has 2 bridgehead atoms. The summed E-state index contributed by atoms with van der Waals surface area (Å²) in [6.45, 7) is 8.02. The molecule has 5 atom stereocenters. The Morgan fingerprint density at radius 1 is 1.45 bits per heavy atom. The first-order valence-electron chi connectivity index (χ1n) is 7.67. The number of hydrogen-bond acceptors (Lipinski definition) is 4. The highest BCUT2D eigenvalue weighted by atomic mass is 16.6. The molecule has 4 nitrogen and oxygen atoms in total. The van der Waals surface area contributed by atoms with Gasteiger partial charge in [-0.25, -0.2) is 0 Å². The van der Waals surface area contributed by atoms with Gasteiger partial charge in [-0.05, 0) is 46.0 Å². The van der Waals surface area contributed by atoms with Gasteiger partial charge in [0.15, 0.2) is 5.78 Å². The zero-order valence-corrected chi connectivity index (χ0v) is 12.8. The van der Waals surface area contributed by atoms with Crippen molar-refractivity contribution in [3.63, 3.8) is 0 Å². The van der Waals surface area contributed by atoms with Crippen LogP contribution in [0.5, 0.6) is 0 Å². The van der Waals surface area contributed by atoms with Gasteiger partial charge >= 0.3 is 5.97 Å². The molecular weight excluding hydrogens is 256 g/mol. The summed E-state index contributed by atoms with van der Waals surface area (Å²) in [5, 5.41) is 0. The number of hydrogen-bond donors (Lipinski definition) is 0. The molecule has 0 aromatic carbocycles. The second-order valence-electron chi connectivity index (χ2n) is 7.45. The molecule has 2 saturated carbocycles. The Morgan fingerprint density at radius 2 is 2.15 bits per heavy atom. The third kappa shape index (κ3) is 1.77. The fourth-order valence-corrected chi connectivity index (χ4v) is 4.15. The molecular formula is C16H24O4. The molecule has 0 amide bonds. The zero-order chi connectivity index (χ0) is 14.7. The molecule has 3 rings (SSSR count). The van der Waals surface area contributed by atoms with E-state index in [0.29, 0.717) is 0 Å². The molecule has 1 aliphatic heterocycles. The van der Waals surface area contributed by atoms with Gasteiger partial charge < -0.3 is 9.47 Å². The third-order valence-electron chi connectivity index (χ3n) is 5.94. The van der Waals surface area contributed by atoms with Crippen LogP contribution in [0.4, 0.5) is 0 Å². The van der Waals surface area contributed by atoms with Crippen LogP contribution in [-0.4, -0.2) is 30.1 Å². The number of carbonyl (C=O) groups is 2. The van der Waals surface area contributed by atoms with Crippen molar-refractivity contribution in [3.8, 4) is 0 Å². The highest BCUT2D eigenvalue weighted by Gasteiger charge is 2.66. The van der Waals surface area contributed by atoms with E-state index in [1.807, 2.05) is 27.7 Å². The number of esters is 1. The highest BCUT2D eigenvalue weighted by Crippen LogP contribution is 2.59. The minimum Gasteiger partial charge on any atom is -0.459 e. The summed E-state index contributed by atoms with van der Waals surface area (Å²) in [6, 6.07) is 0. The van der Waals surface area contributed by atoms with E-state index >= 15 is 0 Å². The Labute approximate surface area is 120 Å². The van der Waals surface area contributed by atoms with Gasteiger partial charge in [0.25, 0.3) is 0 Å². The van der Waals surface area contributed by atoms with E-state index in [-0.39, 0.29) is 42.2 Å². The monoisotopic (exact) mass is 280 g/mol. The van der Waals surface area contributed by atoms with Crippen molar-refractivity contribution in [1.29, 1.82) is 0 Å². The number of Topliss-reactive ketones (excluding diaryl/α,β-unsaturated/α-hetero) is 1. The smallest absolute Gasteiger partial charge is 0.311 e. The van der Waals surface area contributed by atoms with E-state index in [2.05, 4.69) is 0 Å². The van der Waals surface area contributed by atoms with Crippen LogP contribution in [-0.2, 0) is 19.1 Å². The summed E-state index contributed by atoms with van der Waals surface area (Å²) in [7, 11) is 0. The van der Waals surface area contributed by atoms with Gasteiger partial charge in [0.2, 0.25) is 0 Å². The maximum Gasteiger partial charge on any atom is 0.311 e. The predicted octanol–water partition coefficient (Wildman–Crippen LogP) is 2.35.